The van der Waals surface area contributed by atoms with Crippen molar-refractivity contribution in [2.75, 3.05) is 5.32 Å². The van der Waals surface area contributed by atoms with Gasteiger partial charge in [-0.3, -0.25) is 10.1 Å². The van der Waals surface area contributed by atoms with Crippen molar-refractivity contribution < 1.29 is 4.92 Å². The Morgan fingerprint density at radius 1 is 1.32 bits per heavy atom. The highest BCUT2D eigenvalue weighted by molar-refractivity contribution is 6.33. The Labute approximate surface area is 135 Å². The van der Waals surface area contributed by atoms with Gasteiger partial charge in [-0.2, -0.15) is 0 Å². The third kappa shape index (κ3) is 2.84. The molecule has 1 unspecified atom stereocenters. The predicted octanol–water partition coefficient (Wildman–Crippen LogP) is 5.25. The summed E-state index contributed by atoms with van der Waals surface area (Å²) in [5, 5.41) is 14.6. The molecule has 0 amide bonds. The van der Waals surface area contributed by atoms with Gasteiger partial charge in [-0.05, 0) is 36.7 Å². The first-order chi connectivity index (χ1) is 10.5. The van der Waals surface area contributed by atoms with E-state index in [0.29, 0.717) is 16.9 Å². The molecule has 4 atom stereocenters. The average Bonchev–Trinajstić information content (AvgIpc) is 2.77. The van der Waals surface area contributed by atoms with Gasteiger partial charge in [0.1, 0.15) is 0 Å². The lowest BCUT2D eigenvalue weighted by atomic mass is 9.73. The molecular weight excluding hydrogens is 300 g/mol. The minimum Gasteiger partial charge on any atom is -0.358 e. The van der Waals surface area contributed by atoms with Crippen LogP contribution in [0, 0.1) is 33.8 Å². The zero-order chi connectivity index (χ0) is 15.9. The lowest BCUT2D eigenvalue weighted by molar-refractivity contribution is -0.384. The molecule has 0 saturated heterocycles. The van der Waals surface area contributed by atoms with Gasteiger partial charge >= 0.3 is 0 Å². The van der Waals surface area contributed by atoms with Crippen LogP contribution in [0.15, 0.2) is 30.0 Å². The van der Waals surface area contributed by atoms with Crippen molar-refractivity contribution >= 4 is 23.0 Å². The zero-order valence-electron chi connectivity index (χ0n) is 12.9. The summed E-state index contributed by atoms with van der Waals surface area (Å²) in [7, 11) is 0. The second-order valence-corrected chi connectivity index (χ2v) is 7.12. The molecule has 1 saturated carbocycles. The molecule has 5 heteroatoms. The minimum absolute atomic E-state index is 0.0217. The first-order valence-electron chi connectivity index (χ1n) is 7.88. The summed E-state index contributed by atoms with van der Waals surface area (Å²) in [6.07, 6.45) is 6.11. The van der Waals surface area contributed by atoms with Crippen molar-refractivity contribution in [1.82, 2.24) is 0 Å². The Morgan fingerprint density at radius 3 is 2.77 bits per heavy atom. The van der Waals surface area contributed by atoms with Gasteiger partial charge in [0.05, 0.1) is 15.6 Å². The molecule has 0 aromatic heterocycles. The van der Waals surface area contributed by atoms with Crippen LogP contribution in [0.25, 0.3) is 0 Å². The van der Waals surface area contributed by atoms with Gasteiger partial charge in [0, 0.05) is 23.7 Å². The number of anilines is 1. The second kappa shape index (κ2) is 5.92. The number of allylic oxidation sites excluding steroid dienone is 2. The Hall–Kier alpha value is -1.55. The molecule has 1 N–H and O–H groups in total. The minimum atomic E-state index is -0.425. The van der Waals surface area contributed by atoms with E-state index in [4.69, 9.17) is 11.6 Å². The van der Waals surface area contributed by atoms with Crippen molar-refractivity contribution in [3.05, 3.63) is 45.1 Å². The molecule has 0 heterocycles. The summed E-state index contributed by atoms with van der Waals surface area (Å²) in [4.78, 5) is 10.4. The van der Waals surface area contributed by atoms with Crippen LogP contribution in [-0.4, -0.2) is 4.92 Å². The Balaban J connectivity index is 1.81. The number of fused-ring (bicyclic) bond motifs is 1. The molecule has 0 aliphatic heterocycles. The van der Waals surface area contributed by atoms with Gasteiger partial charge in [0.15, 0.2) is 0 Å². The third-order valence-electron chi connectivity index (χ3n) is 5.13. The molecular formula is C17H21ClN2O2. The predicted molar refractivity (Wildman–Crippen MR) is 89.0 cm³/mol. The number of halogens is 1. The lowest BCUT2D eigenvalue weighted by Crippen LogP contribution is -2.26. The Bertz CT molecular complexity index is 629. The van der Waals surface area contributed by atoms with Crippen LogP contribution in [0.3, 0.4) is 0 Å². The maximum absolute atomic E-state index is 10.8. The van der Waals surface area contributed by atoms with E-state index < -0.39 is 4.92 Å². The molecule has 0 radical (unpaired) electrons. The molecule has 4 nitrogen and oxygen atoms in total. The molecule has 1 aromatic carbocycles. The van der Waals surface area contributed by atoms with E-state index in [1.54, 1.807) is 6.07 Å². The molecule has 2 aliphatic rings. The summed E-state index contributed by atoms with van der Waals surface area (Å²) in [6, 6.07) is 4.60. The largest absolute Gasteiger partial charge is 0.358 e. The third-order valence-corrected chi connectivity index (χ3v) is 5.44. The van der Waals surface area contributed by atoms with E-state index in [1.807, 2.05) is 0 Å². The molecule has 2 aliphatic carbocycles. The molecule has 1 aromatic rings. The number of nitrogens with zero attached hydrogens (tertiary/aromatic N) is 1. The quantitative estimate of drug-likeness (QED) is 0.611. The van der Waals surface area contributed by atoms with Gasteiger partial charge < -0.3 is 5.32 Å². The Morgan fingerprint density at radius 2 is 2.09 bits per heavy atom. The van der Waals surface area contributed by atoms with E-state index in [0.717, 1.165) is 17.5 Å². The molecule has 22 heavy (non-hydrogen) atoms. The van der Waals surface area contributed by atoms with E-state index in [1.165, 1.54) is 37.1 Å². The maximum Gasteiger partial charge on any atom is 0.271 e. The van der Waals surface area contributed by atoms with Gasteiger partial charge in [0.25, 0.3) is 5.69 Å². The highest BCUT2D eigenvalue weighted by Gasteiger charge is 2.38. The number of rotatable bonds is 3. The molecule has 0 spiro atoms. The van der Waals surface area contributed by atoms with E-state index >= 15 is 0 Å². The number of non-ortho nitro benzene ring substituents is 1. The highest BCUT2D eigenvalue weighted by Crippen LogP contribution is 2.47. The fourth-order valence-corrected chi connectivity index (χ4v) is 4.15. The zero-order valence-corrected chi connectivity index (χ0v) is 13.6. The van der Waals surface area contributed by atoms with Crippen LogP contribution in [0.2, 0.25) is 5.02 Å². The normalized spacial score (nSPS) is 30.6. The molecule has 3 rings (SSSR count). The van der Waals surface area contributed by atoms with Crippen molar-refractivity contribution in [1.29, 1.82) is 0 Å². The summed E-state index contributed by atoms with van der Waals surface area (Å²) in [5.74, 6) is 2.61. The highest BCUT2D eigenvalue weighted by atomic mass is 35.5. The fraction of sp³-hybridized carbons (Fsp3) is 0.529. The van der Waals surface area contributed by atoms with Gasteiger partial charge in [0.2, 0.25) is 0 Å². The van der Waals surface area contributed by atoms with E-state index in [9.17, 15) is 10.1 Å². The van der Waals surface area contributed by atoms with Gasteiger partial charge in [-0.1, -0.05) is 37.9 Å². The molecule has 0 bridgehead atoms. The van der Waals surface area contributed by atoms with Crippen molar-refractivity contribution in [3.8, 4) is 0 Å². The summed E-state index contributed by atoms with van der Waals surface area (Å²) < 4.78 is 0. The smallest absolute Gasteiger partial charge is 0.271 e. The second-order valence-electron chi connectivity index (χ2n) is 6.72. The standard InChI is InChI=1S/C17H21ClN2O2/c1-10-3-5-13-11(2)8-17(14(13)7-10)19-16-6-4-12(20(21)22)9-15(16)18/h4,6,8-11,13-14,19H,3,5,7H2,1-2H3/t10-,11?,13+,14-/m1/s1. The lowest BCUT2D eigenvalue weighted by Gasteiger charge is -2.34. The maximum atomic E-state index is 10.8. The number of nitrogens with one attached hydrogen (secondary N) is 1. The van der Waals surface area contributed by atoms with Gasteiger partial charge in [-0.15, -0.1) is 0 Å². The first kappa shape index (κ1) is 15.3. The van der Waals surface area contributed by atoms with Crippen LogP contribution in [0.4, 0.5) is 11.4 Å². The monoisotopic (exact) mass is 320 g/mol. The number of benzene rings is 1. The average molecular weight is 321 g/mol. The fourth-order valence-electron chi connectivity index (χ4n) is 3.93. The van der Waals surface area contributed by atoms with Crippen molar-refractivity contribution in [2.45, 2.75) is 33.1 Å². The number of nitro groups is 1. The van der Waals surface area contributed by atoms with Crippen LogP contribution in [0.1, 0.15) is 33.1 Å². The SMILES string of the molecule is CC1C=C(Nc2ccc([N+](=O)[O-])cc2Cl)[C@@H]2C[C@H](C)CC[C@@H]12. The first-order valence-corrected chi connectivity index (χ1v) is 8.26. The van der Waals surface area contributed by atoms with Crippen LogP contribution in [-0.2, 0) is 0 Å². The van der Waals surface area contributed by atoms with Crippen LogP contribution in [0.5, 0.6) is 0 Å². The Kier molecular flexibility index (Phi) is 4.13. The summed E-state index contributed by atoms with van der Waals surface area (Å²) in [5.41, 5.74) is 2.01. The van der Waals surface area contributed by atoms with Gasteiger partial charge in [-0.25, -0.2) is 0 Å². The van der Waals surface area contributed by atoms with Crippen molar-refractivity contribution in [3.63, 3.8) is 0 Å². The molecule has 1 fully saturated rings. The van der Waals surface area contributed by atoms with E-state index in [-0.39, 0.29) is 5.69 Å². The topological polar surface area (TPSA) is 55.2 Å². The number of hydrogen-bond acceptors (Lipinski definition) is 3. The van der Waals surface area contributed by atoms with E-state index in [2.05, 4.69) is 25.2 Å². The van der Waals surface area contributed by atoms with Crippen LogP contribution < -0.4 is 5.32 Å². The van der Waals surface area contributed by atoms with Crippen LogP contribution >= 0.6 is 11.6 Å². The van der Waals surface area contributed by atoms with Crippen molar-refractivity contribution in [2.24, 2.45) is 23.7 Å². The number of hydrogen-bond donors (Lipinski definition) is 1. The summed E-state index contributed by atoms with van der Waals surface area (Å²) in [6.45, 7) is 4.59. The molecule has 118 valence electrons. The number of nitro benzene ring substituents is 1. The summed E-state index contributed by atoms with van der Waals surface area (Å²) >= 11 is 6.20.